The van der Waals surface area contributed by atoms with Crippen molar-refractivity contribution in [3.8, 4) is 0 Å². The van der Waals surface area contributed by atoms with Crippen molar-refractivity contribution in [2.24, 2.45) is 5.92 Å². The summed E-state index contributed by atoms with van der Waals surface area (Å²) in [5, 5.41) is 3.49. The molecule has 0 spiro atoms. The molecule has 6 heteroatoms. The van der Waals surface area contributed by atoms with Gasteiger partial charge in [-0.15, -0.1) is 0 Å². The second kappa shape index (κ2) is 10.2. The lowest BCUT2D eigenvalue weighted by molar-refractivity contribution is -0.140. The monoisotopic (exact) mass is 404 g/mol. The lowest BCUT2D eigenvalue weighted by atomic mass is 10.1. The van der Waals surface area contributed by atoms with E-state index in [1.807, 2.05) is 26.0 Å². The Balaban J connectivity index is 2.18. The standard InChI is InChI=1S/C22H26ClFN2O2/c1-15(2)13-25-22(28)16(3)26(14-18-4-8-19(23)9-5-18)21(27)12-17-6-10-20(24)11-7-17/h4-11,15-16H,12-14H2,1-3H3,(H,25,28)/t16-/m0/s1. The Kier molecular flexibility index (Phi) is 8.00. The van der Waals surface area contributed by atoms with Crippen LogP contribution in [-0.4, -0.2) is 29.3 Å². The molecule has 0 saturated heterocycles. The highest BCUT2D eigenvalue weighted by molar-refractivity contribution is 6.30. The highest BCUT2D eigenvalue weighted by atomic mass is 35.5. The summed E-state index contributed by atoms with van der Waals surface area (Å²) in [6, 6.07) is 12.3. The molecule has 0 aliphatic carbocycles. The molecule has 4 nitrogen and oxygen atoms in total. The third-order valence-corrected chi connectivity index (χ3v) is 4.64. The van der Waals surface area contributed by atoms with Crippen molar-refractivity contribution in [2.75, 3.05) is 6.54 Å². The summed E-state index contributed by atoms with van der Waals surface area (Å²) in [6.07, 6.45) is 0.0929. The van der Waals surface area contributed by atoms with Gasteiger partial charge in [0.1, 0.15) is 11.9 Å². The van der Waals surface area contributed by atoms with E-state index in [-0.39, 0.29) is 30.6 Å². The van der Waals surface area contributed by atoms with E-state index in [2.05, 4.69) is 5.32 Å². The predicted molar refractivity (Wildman–Crippen MR) is 109 cm³/mol. The summed E-state index contributed by atoms with van der Waals surface area (Å²) in [7, 11) is 0. The molecule has 2 rings (SSSR count). The van der Waals surface area contributed by atoms with Crippen LogP contribution in [0.1, 0.15) is 31.9 Å². The zero-order valence-electron chi connectivity index (χ0n) is 16.4. The summed E-state index contributed by atoms with van der Waals surface area (Å²) < 4.78 is 13.1. The molecule has 0 aromatic heterocycles. The first-order valence-corrected chi connectivity index (χ1v) is 9.70. The van der Waals surface area contributed by atoms with Gasteiger partial charge in [0, 0.05) is 18.1 Å². The van der Waals surface area contributed by atoms with E-state index >= 15 is 0 Å². The van der Waals surface area contributed by atoms with Gasteiger partial charge in [-0.1, -0.05) is 49.7 Å². The van der Waals surface area contributed by atoms with Gasteiger partial charge >= 0.3 is 0 Å². The minimum absolute atomic E-state index is 0.0929. The molecule has 0 aliphatic heterocycles. The summed E-state index contributed by atoms with van der Waals surface area (Å²) in [4.78, 5) is 27.1. The molecule has 0 saturated carbocycles. The summed E-state index contributed by atoms with van der Waals surface area (Å²) >= 11 is 5.94. The summed E-state index contributed by atoms with van der Waals surface area (Å²) in [6.45, 7) is 6.57. The molecule has 1 N–H and O–H groups in total. The predicted octanol–water partition coefficient (Wildman–Crippen LogP) is 4.21. The fourth-order valence-corrected chi connectivity index (χ4v) is 2.83. The topological polar surface area (TPSA) is 49.4 Å². The Bertz CT molecular complexity index is 791. The van der Waals surface area contributed by atoms with Crippen LogP contribution in [0.15, 0.2) is 48.5 Å². The molecule has 0 bridgehead atoms. The SMILES string of the molecule is CC(C)CNC(=O)[C@H](C)N(Cc1ccc(Cl)cc1)C(=O)Cc1ccc(F)cc1. The Labute approximate surface area is 170 Å². The molecule has 0 unspecified atom stereocenters. The van der Waals surface area contributed by atoms with Gasteiger partial charge in [0.2, 0.25) is 11.8 Å². The molecular formula is C22H26ClFN2O2. The van der Waals surface area contributed by atoms with Gasteiger partial charge in [0.05, 0.1) is 6.42 Å². The van der Waals surface area contributed by atoms with Crippen LogP contribution in [0.5, 0.6) is 0 Å². The van der Waals surface area contributed by atoms with E-state index < -0.39 is 6.04 Å². The molecule has 0 fully saturated rings. The molecular weight excluding hydrogens is 379 g/mol. The van der Waals surface area contributed by atoms with Gasteiger partial charge in [-0.05, 0) is 48.2 Å². The van der Waals surface area contributed by atoms with Crippen LogP contribution in [0.3, 0.4) is 0 Å². The number of hydrogen-bond donors (Lipinski definition) is 1. The summed E-state index contributed by atoms with van der Waals surface area (Å²) in [5.74, 6) is -0.435. The van der Waals surface area contributed by atoms with E-state index in [1.54, 1.807) is 36.1 Å². The first-order chi connectivity index (χ1) is 13.3. The Morgan fingerprint density at radius 2 is 1.57 bits per heavy atom. The number of nitrogens with one attached hydrogen (secondary N) is 1. The number of benzene rings is 2. The van der Waals surface area contributed by atoms with Gasteiger partial charge in [0.25, 0.3) is 0 Å². The lowest BCUT2D eigenvalue weighted by Gasteiger charge is -2.29. The van der Waals surface area contributed by atoms with E-state index in [4.69, 9.17) is 11.6 Å². The van der Waals surface area contributed by atoms with Crippen LogP contribution in [0, 0.1) is 11.7 Å². The number of rotatable bonds is 8. The fourth-order valence-electron chi connectivity index (χ4n) is 2.70. The van der Waals surface area contributed by atoms with Gasteiger partial charge in [-0.25, -0.2) is 4.39 Å². The molecule has 2 aromatic rings. The van der Waals surface area contributed by atoms with E-state index in [0.29, 0.717) is 23.0 Å². The number of carbonyl (C=O) groups is 2. The number of amides is 2. The maximum Gasteiger partial charge on any atom is 0.242 e. The third kappa shape index (κ3) is 6.64. The molecule has 0 heterocycles. The second-order valence-electron chi connectivity index (χ2n) is 7.27. The van der Waals surface area contributed by atoms with Crippen LogP contribution in [-0.2, 0) is 22.6 Å². The van der Waals surface area contributed by atoms with Gasteiger partial charge < -0.3 is 10.2 Å². The Hall–Kier alpha value is -2.40. The van der Waals surface area contributed by atoms with E-state index in [9.17, 15) is 14.0 Å². The van der Waals surface area contributed by atoms with Gasteiger partial charge in [0.15, 0.2) is 0 Å². The minimum Gasteiger partial charge on any atom is -0.354 e. The molecule has 0 radical (unpaired) electrons. The quantitative estimate of drug-likeness (QED) is 0.716. The van der Waals surface area contributed by atoms with Crippen molar-refractivity contribution in [2.45, 2.75) is 39.8 Å². The van der Waals surface area contributed by atoms with Crippen molar-refractivity contribution >= 4 is 23.4 Å². The normalized spacial score (nSPS) is 11.9. The van der Waals surface area contributed by atoms with Crippen molar-refractivity contribution < 1.29 is 14.0 Å². The average molecular weight is 405 g/mol. The lowest BCUT2D eigenvalue weighted by Crippen LogP contribution is -2.48. The van der Waals surface area contributed by atoms with Gasteiger partial charge in [-0.3, -0.25) is 9.59 Å². The average Bonchev–Trinajstić information content (AvgIpc) is 2.66. The van der Waals surface area contributed by atoms with Crippen molar-refractivity contribution in [1.29, 1.82) is 0 Å². The maximum atomic E-state index is 13.1. The minimum atomic E-state index is -0.637. The van der Waals surface area contributed by atoms with Crippen molar-refractivity contribution in [1.82, 2.24) is 10.2 Å². The molecule has 150 valence electrons. The first-order valence-electron chi connectivity index (χ1n) is 9.32. The van der Waals surface area contributed by atoms with Crippen LogP contribution < -0.4 is 5.32 Å². The highest BCUT2D eigenvalue weighted by Crippen LogP contribution is 2.15. The fraction of sp³-hybridized carbons (Fsp3) is 0.364. The Morgan fingerprint density at radius 3 is 2.14 bits per heavy atom. The summed E-state index contributed by atoms with van der Waals surface area (Å²) in [5.41, 5.74) is 1.57. The van der Waals surface area contributed by atoms with Crippen LogP contribution >= 0.6 is 11.6 Å². The van der Waals surface area contributed by atoms with Crippen LogP contribution in [0.4, 0.5) is 4.39 Å². The molecule has 1 atom stereocenters. The molecule has 0 aliphatic rings. The van der Waals surface area contributed by atoms with Crippen molar-refractivity contribution in [3.05, 3.63) is 70.5 Å². The maximum absolute atomic E-state index is 13.1. The van der Waals surface area contributed by atoms with E-state index in [0.717, 1.165) is 5.56 Å². The smallest absolute Gasteiger partial charge is 0.242 e. The second-order valence-corrected chi connectivity index (χ2v) is 7.70. The number of nitrogens with zero attached hydrogens (tertiary/aromatic N) is 1. The van der Waals surface area contributed by atoms with Crippen LogP contribution in [0.25, 0.3) is 0 Å². The van der Waals surface area contributed by atoms with Crippen molar-refractivity contribution in [3.63, 3.8) is 0 Å². The first kappa shape index (κ1) is 21.9. The molecule has 2 amide bonds. The number of carbonyl (C=O) groups excluding carboxylic acids is 2. The zero-order chi connectivity index (χ0) is 20.7. The highest BCUT2D eigenvalue weighted by Gasteiger charge is 2.26. The molecule has 28 heavy (non-hydrogen) atoms. The zero-order valence-corrected chi connectivity index (χ0v) is 17.2. The largest absolute Gasteiger partial charge is 0.354 e. The van der Waals surface area contributed by atoms with Crippen LogP contribution in [0.2, 0.25) is 5.02 Å². The van der Waals surface area contributed by atoms with E-state index in [1.165, 1.54) is 12.1 Å². The Morgan fingerprint density at radius 1 is 1.00 bits per heavy atom. The number of hydrogen-bond acceptors (Lipinski definition) is 2. The number of halogens is 2. The third-order valence-electron chi connectivity index (χ3n) is 4.39. The molecule has 2 aromatic carbocycles. The van der Waals surface area contributed by atoms with Gasteiger partial charge in [-0.2, -0.15) is 0 Å².